The van der Waals surface area contributed by atoms with E-state index in [9.17, 15) is 10.2 Å². The molecule has 0 radical (unpaired) electrons. The lowest BCUT2D eigenvalue weighted by molar-refractivity contribution is 0.0501. The van der Waals surface area contributed by atoms with Crippen LogP contribution in [0.2, 0.25) is 0 Å². The van der Waals surface area contributed by atoms with Crippen molar-refractivity contribution in [1.29, 1.82) is 0 Å². The molecule has 2 unspecified atom stereocenters. The number of benzene rings is 4. The Morgan fingerprint density at radius 2 is 0.939 bits per heavy atom. The molecule has 0 amide bonds. The molecule has 0 aromatic heterocycles. The van der Waals surface area contributed by atoms with Gasteiger partial charge in [0.25, 0.3) is 0 Å². The fraction of sp³-hybridized carbons (Fsp3) is 0.385. The second kappa shape index (κ2) is 12.0. The van der Waals surface area contributed by atoms with Gasteiger partial charge in [-0.2, -0.15) is 0 Å². The fourth-order valence-electron chi connectivity index (χ4n) is 8.91. The topological polar surface area (TPSA) is 102 Å². The van der Waals surface area contributed by atoms with E-state index in [2.05, 4.69) is 34.1 Å². The first kappa shape index (κ1) is 31.5. The van der Waals surface area contributed by atoms with Crippen molar-refractivity contribution < 1.29 is 38.6 Å². The van der Waals surface area contributed by atoms with Crippen molar-refractivity contribution >= 4 is 0 Å². The van der Waals surface area contributed by atoms with Crippen molar-refractivity contribution in [3.8, 4) is 68.2 Å². The molecule has 8 rings (SSSR count). The number of aromatic hydroxyl groups is 2. The largest absolute Gasteiger partial charge is 0.504 e. The number of hydrogen-bond acceptors (Lipinski definition) is 10. The molecular formula is C39H42N2O8. The molecule has 0 fully saturated rings. The third-order valence-electron chi connectivity index (χ3n) is 11.1. The number of ether oxygens (including phenoxy) is 6. The first-order valence-electron chi connectivity index (χ1n) is 16.7. The zero-order valence-electron chi connectivity index (χ0n) is 28.8. The molecule has 2 aliphatic carbocycles. The summed E-state index contributed by atoms with van der Waals surface area (Å²) in [4.78, 5) is 5.16. The highest BCUT2D eigenvalue weighted by Crippen LogP contribution is 2.58. The van der Waals surface area contributed by atoms with E-state index in [0.717, 1.165) is 78.8 Å². The number of hydrogen-bond donors (Lipinski definition) is 2. The van der Waals surface area contributed by atoms with Crippen LogP contribution in [0.5, 0.6) is 46.0 Å². The highest BCUT2D eigenvalue weighted by atomic mass is 16.5. The second-order valence-electron chi connectivity index (χ2n) is 13.1. The molecule has 10 nitrogen and oxygen atoms in total. The molecule has 2 N–H and O–H groups in total. The average Bonchev–Trinajstić information content (AvgIpc) is 3.13. The summed E-state index contributed by atoms with van der Waals surface area (Å²) in [5.41, 5.74) is 10.1. The quantitative estimate of drug-likeness (QED) is 0.231. The number of fused-ring (bicyclic) bond motifs is 4. The zero-order chi connectivity index (χ0) is 34.1. The maximum atomic E-state index is 11.5. The van der Waals surface area contributed by atoms with Gasteiger partial charge in [0.2, 0.25) is 0 Å². The Labute approximate surface area is 286 Å². The van der Waals surface area contributed by atoms with Crippen LogP contribution >= 0.6 is 0 Å². The van der Waals surface area contributed by atoms with Crippen molar-refractivity contribution in [2.45, 2.75) is 37.8 Å². The zero-order valence-corrected chi connectivity index (χ0v) is 28.8. The molecule has 0 saturated carbocycles. The lowest BCUT2D eigenvalue weighted by Gasteiger charge is -2.48. The Morgan fingerprint density at radius 1 is 0.531 bits per heavy atom. The molecule has 4 aliphatic rings. The Morgan fingerprint density at radius 3 is 1.31 bits per heavy atom. The summed E-state index contributed by atoms with van der Waals surface area (Å²) in [7, 11) is 9.77. The maximum absolute atomic E-state index is 11.5. The molecule has 49 heavy (non-hydrogen) atoms. The van der Waals surface area contributed by atoms with Crippen molar-refractivity contribution in [1.82, 2.24) is 9.80 Å². The molecule has 2 atom stereocenters. The minimum atomic E-state index is 0.0642. The summed E-state index contributed by atoms with van der Waals surface area (Å²) in [6.45, 7) is 2.48. The van der Waals surface area contributed by atoms with Gasteiger partial charge in [0.15, 0.2) is 46.0 Å². The van der Waals surface area contributed by atoms with Gasteiger partial charge in [-0.15, -0.1) is 0 Å². The highest BCUT2D eigenvalue weighted by molar-refractivity contribution is 5.89. The van der Waals surface area contributed by atoms with E-state index in [-0.39, 0.29) is 23.6 Å². The Hall–Kier alpha value is -4.80. The molecular weight excluding hydrogens is 624 g/mol. The van der Waals surface area contributed by atoms with Gasteiger partial charge in [-0.25, -0.2) is 0 Å². The van der Waals surface area contributed by atoms with E-state index in [1.165, 1.54) is 22.3 Å². The monoisotopic (exact) mass is 666 g/mol. The van der Waals surface area contributed by atoms with Gasteiger partial charge < -0.3 is 38.6 Å². The SMILES string of the molecule is COc1ccc2c(c1O)-c1c(OC)c(OC)cc3c1C(C2)N(CN1CCc2cc(OC)c(OC)c4c2C1Cc1ccc(OC)c(O)c1-4)CC3. The van der Waals surface area contributed by atoms with Crippen molar-refractivity contribution in [3.05, 3.63) is 69.8 Å². The number of nitrogens with zero attached hydrogens (tertiary/aromatic N) is 2. The van der Waals surface area contributed by atoms with Crippen LogP contribution in [0.4, 0.5) is 0 Å². The van der Waals surface area contributed by atoms with Crippen molar-refractivity contribution in [3.63, 3.8) is 0 Å². The van der Waals surface area contributed by atoms with Crippen LogP contribution in [0.3, 0.4) is 0 Å². The summed E-state index contributed by atoms with van der Waals surface area (Å²) >= 11 is 0. The first-order chi connectivity index (χ1) is 23.9. The van der Waals surface area contributed by atoms with E-state index in [4.69, 9.17) is 28.4 Å². The molecule has 10 heteroatoms. The molecule has 2 aliphatic heterocycles. The van der Waals surface area contributed by atoms with Crippen LogP contribution in [-0.4, -0.2) is 82.4 Å². The van der Waals surface area contributed by atoms with E-state index < -0.39 is 0 Å². The Balaban J connectivity index is 1.23. The van der Waals surface area contributed by atoms with Gasteiger partial charge in [0.05, 0.1) is 49.3 Å². The third-order valence-corrected chi connectivity index (χ3v) is 11.1. The second-order valence-corrected chi connectivity index (χ2v) is 13.1. The normalized spacial score (nSPS) is 18.8. The summed E-state index contributed by atoms with van der Waals surface area (Å²) in [6, 6.07) is 12.1. The Bertz CT molecular complexity index is 1850. The van der Waals surface area contributed by atoms with Gasteiger partial charge in [0, 0.05) is 47.4 Å². The minimum absolute atomic E-state index is 0.0642. The van der Waals surface area contributed by atoms with Gasteiger partial charge in [0.1, 0.15) is 0 Å². The summed E-state index contributed by atoms with van der Waals surface area (Å²) in [5.74, 6) is 3.65. The summed E-state index contributed by atoms with van der Waals surface area (Å²) in [6.07, 6.45) is 3.15. The van der Waals surface area contributed by atoms with Crippen LogP contribution in [0.1, 0.15) is 45.5 Å². The van der Waals surface area contributed by atoms with Gasteiger partial charge in [-0.1, -0.05) is 12.1 Å². The molecule has 4 aromatic rings. The summed E-state index contributed by atoms with van der Waals surface area (Å²) in [5, 5.41) is 23.0. The van der Waals surface area contributed by atoms with Crippen LogP contribution in [0, 0.1) is 0 Å². The Kier molecular flexibility index (Phi) is 7.68. The molecule has 0 spiro atoms. The van der Waals surface area contributed by atoms with Gasteiger partial charge in [-0.05, 0) is 83.3 Å². The number of rotatable bonds is 8. The number of phenolic OH excluding ortho intramolecular Hbond substituents is 2. The molecule has 0 saturated heterocycles. The van der Waals surface area contributed by atoms with E-state index >= 15 is 0 Å². The van der Waals surface area contributed by atoms with Crippen LogP contribution in [0.15, 0.2) is 36.4 Å². The van der Waals surface area contributed by atoms with E-state index in [0.29, 0.717) is 34.5 Å². The highest BCUT2D eigenvalue weighted by Gasteiger charge is 2.43. The van der Waals surface area contributed by atoms with Crippen LogP contribution in [0.25, 0.3) is 22.3 Å². The van der Waals surface area contributed by atoms with E-state index in [1.807, 2.05) is 12.1 Å². The standard InChI is InChI=1S/C39H42N2O8/c1-44-26-9-7-20-15-24-30-22(17-28(46-3)38(48-5)34(30)32(20)36(26)42)11-13-40(24)19-41-14-12-23-18-29(47-4)39(49-6)35-31(23)25(41)16-21-8-10-27(45-2)37(43)33(21)35/h7-10,17-18,24-25,42-43H,11-16,19H2,1-6H3. The smallest absolute Gasteiger partial charge is 0.169 e. The lowest BCUT2D eigenvalue weighted by Crippen LogP contribution is -2.49. The molecule has 4 aromatic carbocycles. The molecule has 2 heterocycles. The predicted molar refractivity (Wildman–Crippen MR) is 185 cm³/mol. The van der Waals surface area contributed by atoms with E-state index in [1.54, 1.807) is 42.7 Å². The lowest BCUT2D eigenvalue weighted by atomic mass is 9.75. The van der Waals surface area contributed by atoms with Crippen LogP contribution < -0.4 is 28.4 Å². The third kappa shape index (κ3) is 4.53. The van der Waals surface area contributed by atoms with Gasteiger partial charge >= 0.3 is 0 Å². The van der Waals surface area contributed by atoms with Crippen LogP contribution in [-0.2, 0) is 25.7 Å². The van der Waals surface area contributed by atoms with Crippen molar-refractivity contribution in [2.24, 2.45) is 0 Å². The maximum Gasteiger partial charge on any atom is 0.169 e. The fourth-order valence-corrected chi connectivity index (χ4v) is 8.91. The number of phenols is 2. The number of methoxy groups -OCH3 is 6. The molecule has 256 valence electrons. The first-order valence-corrected chi connectivity index (χ1v) is 16.7. The van der Waals surface area contributed by atoms with Gasteiger partial charge in [-0.3, -0.25) is 9.80 Å². The minimum Gasteiger partial charge on any atom is -0.504 e. The average molecular weight is 667 g/mol. The summed E-state index contributed by atoms with van der Waals surface area (Å²) < 4.78 is 34.8. The molecule has 0 bridgehead atoms. The predicted octanol–water partition coefficient (Wildman–Crippen LogP) is 6.05. The van der Waals surface area contributed by atoms with Crippen molar-refractivity contribution in [2.75, 3.05) is 62.4 Å².